The third-order valence-electron chi connectivity index (χ3n) is 6.11. The zero-order chi connectivity index (χ0) is 23.3. The Morgan fingerprint density at radius 1 is 0.938 bits per heavy atom. The van der Waals surface area contributed by atoms with Crippen molar-refractivity contribution in [3.05, 3.63) is 57.6 Å². The van der Waals surface area contributed by atoms with Gasteiger partial charge in [-0.15, -0.1) is 0 Å². The van der Waals surface area contributed by atoms with E-state index in [9.17, 15) is 14.4 Å². The normalized spacial score (nSPS) is 13.9. The van der Waals surface area contributed by atoms with Crippen molar-refractivity contribution in [2.24, 2.45) is 5.92 Å². The minimum atomic E-state index is -4.25. The highest BCUT2D eigenvalue weighted by Gasteiger charge is 2.23. The summed E-state index contributed by atoms with van der Waals surface area (Å²) in [5.74, 6) is 2.15. The highest BCUT2D eigenvalue weighted by atomic mass is 31.2. The van der Waals surface area contributed by atoms with Gasteiger partial charge in [0, 0.05) is 0 Å². The minimum Gasteiger partial charge on any atom is -0.480 e. The van der Waals surface area contributed by atoms with Crippen LogP contribution in [0.2, 0.25) is 0 Å². The molecule has 7 heteroatoms. The first-order chi connectivity index (χ1) is 15.2. The van der Waals surface area contributed by atoms with Crippen LogP contribution in [0.15, 0.2) is 24.3 Å². The van der Waals surface area contributed by atoms with E-state index < -0.39 is 13.9 Å². The molecule has 0 atom stereocenters. The molecule has 0 heterocycles. The van der Waals surface area contributed by atoms with Crippen molar-refractivity contribution in [2.45, 2.75) is 59.8 Å². The Morgan fingerprint density at radius 2 is 1.53 bits per heavy atom. The Morgan fingerprint density at radius 3 is 2.03 bits per heavy atom. The number of hydrogen-bond donors (Lipinski definition) is 2. The fraction of sp³-hybridized carbons (Fsp3) is 0.520. The molecule has 1 fully saturated rings. The van der Waals surface area contributed by atoms with Crippen molar-refractivity contribution in [3.8, 4) is 11.5 Å². The highest BCUT2D eigenvalue weighted by Crippen LogP contribution is 2.40. The van der Waals surface area contributed by atoms with Gasteiger partial charge in [0.25, 0.3) is 0 Å². The van der Waals surface area contributed by atoms with Crippen LogP contribution in [0.1, 0.15) is 60.1 Å². The highest BCUT2D eigenvalue weighted by molar-refractivity contribution is 7.51. The Bertz CT molecular complexity index is 928. The maximum atomic E-state index is 11.4. The van der Waals surface area contributed by atoms with Gasteiger partial charge in [-0.05, 0) is 97.4 Å². The van der Waals surface area contributed by atoms with Crippen LogP contribution in [0.4, 0.5) is 0 Å². The van der Waals surface area contributed by atoms with E-state index in [0.29, 0.717) is 5.75 Å². The molecule has 0 saturated heterocycles. The fourth-order valence-corrected chi connectivity index (χ4v) is 4.42. The second-order valence-electron chi connectivity index (χ2n) is 8.56. The summed E-state index contributed by atoms with van der Waals surface area (Å²) in [5, 5.41) is 0. The number of ether oxygens (including phenoxy) is 3. The summed E-state index contributed by atoms with van der Waals surface area (Å²) >= 11 is 0. The molecule has 2 aromatic rings. The average molecular weight is 463 g/mol. The van der Waals surface area contributed by atoms with E-state index in [-0.39, 0.29) is 6.79 Å². The first kappa shape index (κ1) is 24.8. The summed E-state index contributed by atoms with van der Waals surface area (Å²) in [4.78, 5) is 18.6. The number of rotatable bonds is 12. The summed E-state index contributed by atoms with van der Waals surface area (Å²) < 4.78 is 28.3. The standard InChI is InChI=1S/C25H35O6P/c1-5-22-17(3)24(18(4)23(6-2)25(22)31-16-32(26,27)28)13-19-9-11-21(12-10-19)30-15-29-14-20-7-8-20/h9-12,20H,5-8,13-16H2,1-4H3,(H2,26,27,28). The lowest BCUT2D eigenvalue weighted by Gasteiger charge is -2.23. The van der Waals surface area contributed by atoms with Gasteiger partial charge in [0.05, 0.1) is 6.61 Å². The van der Waals surface area contributed by atoms with E-state index in [1.165, 1.54) is 24.0 Å². The van der Waals surface area contributed by atoms with Crippen molar-refractivity contribution in [3.63, 3.8) is 0 Å². The van der Waals surface area contributed by atoms with Gasteiger partial charge in [-0.3, -0.25) is 4.57 Å². The lowest BCUT2D eigenvalue weighted by Crippen LogP contribution is -2.10. The number of hydrogen-bond acceptors (Lipinski definition) is 4. The van der Waals surface area contributed by atoms with Gasteiger partial charge in [0.2, 0.25) is 0 Å². The molecule has 6 nitrogen and oxygen atoms in total. The molecular formula is C25H35O6P. The molecular weight excluding hydrogens is 427 g/mol. The average Bonchev–Trinajstić information content (AvgIpc) is 3.57. The van der Waals surface area contributed by atoms with Crippen LogP contribution >= 0.6 is 7.60 Å². The van der Waals surface area contributed by atoms with E-state index >= 15 is 0 Å². The molecule has 176 valence electrons. The smallest absolute Gasteiger partial charge is 0.362 e. The van der Waals surface area contributed by atoms with Crippen LogP contribution in [0.3, 0.4) is 0 Å². The molecule has 2 aromatic carbocycles. The Kier molecular flexibility index (Phi) is 8.40. The second-order valence-corrected chi connectivity index (χ2v) is 10.1. The molecule has 0 aliphatic heterocycles. The first-order valence-corrected chi connectivity index (χ1v) is 13.1. The summed E-state index contributed by atoms with van der Waals surface area (Å²) in [7, 11) is -4.25. The van der Waals surface area contributed by atoms with Gasteiger partial charge in [-0.1, -0.05) is 26.0 Å². The molecule has 2 N–H and O–H groups in total. The predicted octanol–water partition coefficient (Wildman–Crippen LogP) is 5.30. The lowest BCUT2D eigenvalue weighted by atomic mass is 9.86. The maximum Gasteiger partial charge on any atom is 0.362 e. The van der Waals surface area contributed by atoms with Crippen LogP contribution in [0.5, 0.6) is 11.5 Å². The summed E-state index contributed by atoms with van der Waals surface area (Å²) in [6.45, 7) is 9.29. The van der Waals surface area contributed by atoms with Gasteiger partial charge >= 0.3 is 7.60 Å². The van der Waals surface area contributed by atoms with E-state index in [0.717, 1.165) is 59.8 Å². The van der Waals surface area contributed by atoms with E-state index in [1.54, 1.807) is 0 Å². The van der Waals surface area contributed by atoms with Gasteiger partial charge in [-0.25, -0.2) is 0 Å². The van der Waals surface area contributed by atoms with Crippen LogP contribution in [0, 0.1) is 19.8 Å². The Hall–Kier alpha value is -1.85. The van der Waals surface area contributed by atoms with E-state index in [1.807, 2.05) is 26.0 Å². The summed E-state index contributed by atoms with van der Waals surface area (Å²) in [6.07, 6.45) is 4.17. The molecule has 3 rings (SSSR count). The van der Waals surface area contributed by atoms with Crippen LogP contribution in [-0.2, 0) is 28.6 Å². The molecule has 1 saturated carbocycles. The SMILES string of the molecule is CCc1c(C)c(Cc2ccc(OCOCC3CC3)cc2)c(C)c(CC)c1OCP(=O)(O)O. The number of benzene rings is 2. The fourth-order valence-electron chi connectivity index (χ4n) is 4.12. The third kappa shape index (κ3) is 6.58. The second kappa shape index (κ2) is 10.8. The first-order valence-electron chi connectivity index (χ1n) is 11.3. The van der Waals surface area contributed by atoms with Crippen LogP contribution in [0.25, 0.3) is 0 Å². The van der Waals surface area contributed by atoms with Crippen molar-refractivity contribution in [1.29, 1.82) is 0 Å². The molecule has 0 aromatic heterocycles. The van der Waals surface area contributed by atoms with Crippen LogP contribution < -0.4 is 9.47 Å². The molecule has 32 heavy (non-hydrogen) atoms. The van der Waals surface area contributed by atoms with Gasteiger partial charge in [0.1, 0.15) is 11.5 Å². The van der Waals surface area contributed by atoms with Gasteiger partial charge < -0.3 is 24.0 Å². The van der Waals surface area contributed by atoms with Crippen LogP contribution in [-0.4, -0.2) is 29.5 Å². The van der Waals surface area contributed by atoms with Crippen molar-refractivity contribution in [1.82, 2.24) is 0 Å². The third-order valence-corrected chi connectivity index (χ3v) is 6.57. The summed E-state index contributed by atoms with van der Waals surface area (Å²) in [5.41, 5.74) is 6.69. The zero-order valence-electron chi connectivity index (χ0n) is 19.5. The molecule has 1 aliphatic carbocycles. The lowest BCUT2D eigenvalue weighted by molar-refractivity contribution is 0.00997. The van der Waals surface area contributed by atoms with Crippen molar-refractivity contribution in [2.75, 3.05) is 19.7 Å². The molecule has 0 radical (unpaired) electrons. The monoisotopic (exact) mass is 462 g/mol. The topological polar surface area (TPSA) is 85.2 Å². The maximum absolute atomic E-state index is 11.4. The Labute approximate surface area is 191 Å². The summed E-state index contributed by atoms with van der Waals surface area (Å²) in [6, 6.07) is 8.09. The van der Waals surface area contributed by atoms with E-state index in [4.69, 9.17) is 14.2 Å². The largest absolute Gasteiger partial charge is 0.480 e. The minimum absolute atomic E-state index is 0.282. The van der Waals surface area contributed by atoms with E-state index in [2.05, 4.69) is 26.0 Å². The predicted molar refractivity (Wildman–Crippen MR) is 126 cm³/mol. The van der Waals surface area contributed by atoms with Gasteiger partial charge in [-0.2, -0.15) is 0 Å². The molecule has 1 aliphatic rings. The van der Waals surface area contributed by atoms with Gasteiger partial charge in [0.15, 0.2) is 13.1 Å². The Balaban J connectivity index is 1.77. The molecule has 0 amide bonds. The van der Waals surface area contributed by atoms with Crippen molar-refractivity contribution >= 4 is 7.60 Å². The molecule has 0 unspecified atom stereocenters. The quantitative estimate of drug-likeness (QED) is 0.253. The molecule has 0 spiro atoms. The zero-order valence-corrected chi connectivity index (χ0v) is 20.4. The molecule has 0 bridgehead atoms. The van der Waals surface area contributed by atoms with Crippen molar-refractivity contribution < 1.29 is 28.6 Å².